The first kappa shape index (κ1) is 15.3. The average molecular weight is 360 g/mol. The van der Waals surface area contributed by atoms with Gasteiger partial charge in [-0.25, -0.2) is 9.97 Å². The Balaban J connectivity index is 1.64. The number of aromatic amines is 1. The third-order valence-corrected chi connectivity index (χ3v) is 5.47. The van der Waals surface area contributed by atoms with Crippen molar-refractivity contribution < 1.29 is 5.11 Å². The number of fused-ring (bicyclic) bond motifs is 2. The number of nitrogens with one attached hydrogen (secondary N) is 1. The fraction of sp³-hybridized carbons (Fsp3) is 0.100. The first-order valence-electron chi connectivity index (χ1n) is 8.42. The average Bonchev–Trinajstić information content (AvgIpc) is 3.38. The van der Waals surface area contributed by atoms with Gasteiger partial charge in [-0.05, 0) is 18.2 Å². The van der Waals surface area contributed by atoms with Crippen molar-refractivity contribution in [1.29, 1.82) is 0 Å². The molecular formula is C20H16N4OS. The van der Waals surface area contributed by atoms with Crippen molar-refractivity contribution in [1.82, 2.24) is 19.5 Å². The maximum absolute atomic E-state index is 9.35. The predicted octanol–water partition coefficient (Wildman–Crippen LogP) is 4.30. The van der Waals surface area contributed by atoms with E-state index < -0.39 is 0 Å². The maximum atomic E-state index is 9.35. The second-order valence-electron chi connectivity index (χ2n) is 6.12. The summed E-state index contributed by atoms with van der Waals surface area (Å²) in [6, 6.07) is 12.2. The molecular weight excluding hydrogens is 344 g/mol. The predicted molar refractivity (Wildman–Crippen MR) is 105 cm³/mol. The summed E-state index contributed by atoms with van der Waals surface area (Å²) in [5.41, 5.74) is 5.10. The summed E-state index contributed by atoms with van der Waals surface area (Å²) < 4.78 is 2.08. The van der Waals surface area contributed by atoms with Crippen molar-refractivity contribution in [3.05, 3.63) is 60.4 Å². The van der Waals surface area contributed by atoms with Gasteiger partial charge in [-0.1, -0.05) is 18.2 Å². The molecule has 5 nitrogen and oxygen atoms in total. The van der Waals surface area contributed by atoms with Crippen LogP contribution in [0.4, 0.5) is 0 Å². The highest BCUT2D eigenvalue weighted by Crippen LogP contribution is 2.36. The van der Waals surface area contributed by atoms with E-state index in [9.17, 15) is 5.11 Å². The fourth-order valence-electron chi connectivity index (χ4n) is 3.40. The SMILES string of the molecule is OCCn1cc(-c2nc(-c3c[nH]c4ncccc34)cs2)c2ccccc21. The Morgan fingerprint density at radius 3 is 2.88 bits per heavy atom. The largest absolute Gasteiger partial charge is 0.395 e. The van der Waals surface area contributed by atoms with Crippen molar-refractivity contribution in [2.45, 2.75) is 6.54 Å². The molecule has 0 aliphatic heterocycles. The zero-order valence-electron chi connectivity index (χ0n) is 13.9. The number of hydrogen-bond donors (Lipinski definition) is 2. The number of thiazole rings is 1. The monoisotopic (exact) mass is 360 g/mol. The van der Waals surface area contributed by atoms with Crippen LogP contribution in [-0.4, -0.2) is 31.2 Å². The molecule has 5 aromatic rings. The van der Waals surface area contributed by atoms with E-state index in [1.807, 2.05) is 24.4 Å². The third kappa shape index (κ3) is 2.34. The lowest BCUT2D eigenvalue weighted by Crippen LogP contribution is -1.99. The van der Waals surface area contributed by atoms with Crippen molar-refractivity contribution in [2.24, 2.45) is 0 Å². The highest BCUT2D eigenvalue weighted by Gasteiger charge is 2.15. The molecule has 0 atom stereocenters. The van der Waals surface area contributed by atoms with Gasteiger partial charge in [-0.15, -0.1) is 11.3 Å². The van der Waals surface area contributed by atoms with E-state index in [1.54, 1.807) is 17.5 Å². The molecule has 0 radical (unpaired) electrons. The van der Waals surface area contributed by atoms with Gasteiger partial charge >= 0.3 is 0 Å². The lowest BCUT2D eigenvalue weighted by Gasteiger charge is -2.00. The van der Waals surface area contributed by atoms with Gasteiger partial charge in [0.15, 0.2) is 0 Å². The summed E-state index contributed by atoms with van der Waals surface area (Å²) in [6.45, 7) is 0.691. The van der Waals surface area contributed by atoms with E-state index in [-0.39, 0.29) is 6.61 Å². The summed E-state index contributed by atoms with van der Waals surface area (Å²) in [5.74, 6) is 0. The number of benzene rings is 1. The van der Waals surface area contributed by atoms with Gasteiger partial charge in [-0.3, -0.25) is 0 Å². The third-order valence-electron chi connectivity index (χ3n) is 4.59. The van der Waals surface area contributed by atoms with Crippen LogP contribution in [0.15, 0.2) is 60.4 Å². The van der Waals surface area contributed by atoms with Crippen LogP contribution < -0.4 is 0 Å². The van der Waals surface area contributed by atoms with Crippen molar-refractivity contribution in [2.75, 3.05) is 6.61 Å². The topological polar surface area (TPSA) is 66.7 Å². The minimum Gasteiger partial charge on any atom is -0.395 e. The maximum Gasteiger partial charge on any atom is 0.137 e. The van der Waals surface area contributed by atoms with Gasteiger partial charge < -0.3 is 14.7 Å². The molecule has 6 heteroatoms. The quantitative estimate of drug-likeness (QED) is 0.502. The Kier molecular flexibility index (Phi) is 3.58. The lowest BCUT2D eigenvalue weighted by atomic mass is 10.1. The van der Waals surface area contributed by atoms with Crippen LogP contribution in [-0.2, 0) is 6.54 Å². The Labute approximate surface area is 153 Å². The molecule has 0 saturated heterocycles. The van der Waals surface area contributed by atoms with Gasteiger partial charge in [0.1, 0.15) is 10.7 Å². The molecule has 0 aliphatic carbocycles. The van der Waals surface area contributed by atoms with Gasteiger partial charge in [0.2, 0.25) is 0 Å². The van der Waals surface area contributed by atoms with Crippen LogP contribution in [0.5, 0.6) is 0 Å². The highest BCUT2D eigenvalue weighted by atomic mass is 32.1. The molecule has 0 unspecified atom stereocenters. The number of para-hydroxylation sites is 1. The zero-order chi connectivity index (χ0) is 17.5. The molecule has 0 fully saturated rings. The van der Waals surface area contributed by atoms with Crippen LogP contribution in [0.3, 0.4) is 0 Å². The minimum absolute atomic E-state index is 0.115. The molecule has 5 rings (SSSR count). The van der Waals surface area contributed by atoms with Gasteiger partial charge in [0.25, 0.3) is 0 Å². The van der Waals surface area contributed by atoms with E-state index >= 15 is 0 Å². The molecule has 0 amide bonds. The first-order valence-corrected chi connectivity index (χ1v) is 9.30. The van der Waals surface area contributed by atoms with E-state index in [4.69, 9.17) is 4.98 Å². The Morgan fingerprint density at radius 1 is 1.08 bits per heavy atom. The Hall–Kier alpha value is -2.96. The molecule has 0 spiro atoms. The number of hydrogen-bond acceptors (Lipinski definition) is 4. The number of aromatic nitrogens is 4. The Bertz CT molecular complexity index is 1220. The van der Waals surface area contributed by atoms with Gasteiger partial charge in [0.05, 0.1) is 12.3 Å². The number of nitrogens with zero attached hydrogens (tertiary/aromatic N) is 3. The fourth-order valence-corrected chi connectivity index (χ4v) is 4.24. The molecule has 1 aromatic carbocycles. The van der Waals surface area contributed by atoms with Crippen molar-refractivity contribution in [3.8, 4) is 21.8 Å². The summed E-state index contributed by atoms with van der Waals surface area (Å²) >= 11 is 1.63. The molecule has 128 valence electrons. The van der Waals surface area contributed by atoms with E-state index in [2.05, 4.69) is 44.3 Å². The lowest BCUT2D eigenvalue weighted by molar-refractivity contribution is 0.278. The number of rotatable bonds is 4. The van der Waals surface area contributed by atoms with Crippen LogP contribution in [0.2, 0.25) is 0 Å². The second kappa shape index (κ2) is 6.09. The van der Waals surface area contributed by atoms with Crippen LogP contribution in [0, 0.1) is 0 Å². The molecule has 4 heterocycles. The van der Waals surface area contributed by atoms with Gasteiger partial charge in [0, 0.05) is 57.9 Å². The summed E-state index contributed by atoms with van der Waals surface area (Å²) in [6.07, 6.45) is 5.83. The highest BCUT2D eigenvalue weighted by molar-refractivity contribution is 7.13. The van der Waals surface area contributed by atoms with Crippen LogP contribution in [0.25, 0.3) is 43.8 Å². The van der Waals surface area contributed by atoms with Crippen molar-refractivity contribution >= 4 is 33.3 Å². The van der Waals surface area contributed by atoms with Crippen molar-refractivity contribution in [3.63, 3.8) is 0 Å². The number of pyridine rings is 1. The molecule has 2 N–H and O–H groups in total. The minimum atomic E-state index is 0.115. The zero-order valence-corrected chi connectivity index (χ0v) is 14.7. The summed E-state index contributed by atoms with van der Waals surface area (Å²) in [7, 11) is 0. The molecule has 0 saturated carbocycles. The number of H-pyrrole nitrogens is 1. The van der Waals surface area contributed by atoms with E-state index in [1.165, 1.54) is 0 Å². The van der Waals surface area contributed by atoms with E-state index in [0.29, 0.717) is 6.54 Å². The molecule has 4 aromatic heterocycles. The first-order chi connectivity index (χ1) is 12.8. The molecule has 0 aliphatic rings. The standard InChI is InChI=1S/C20H16N4OS/c25-9-8-24-11-16(13-4-1-2-6-18(13)24)20-23-17(12-26-20)15-10-22-19-14(15)5-3-7-21-19/h1-7,10-12,25H,8-9H2,(H,21,22). The number of aliphatic hydroxyl groups is 1. The van der Waals surface area contributed by atoms with Gasteiger partial charge in [-0.2, -0.15) is 0 Å². The summed E-state index contributed by atoms with van der Waals surface area (Å²) in [5, 5.41) is 14.6. The second-order valence-corrected chi connectivity index (χ2v) is 6.97. The molecule has 0 bridgehead atoms. The van der Waals surface area contributed by atoms with Crippen LogP contribution in [0.1, 0.15) is 0 Å². The normalized spacial score (nSPS) is 11.6. The van der Waals surface area contributed by atoms with E-state index in [0.717, 1.165) is 43.8 Å². The van der Waals surface area contributed by atoms with Crippen LogP contribution >= 0.6 is 11.3 Å². The smallest absolute Gasteiger partial charge is 0.137 e. The summed E-state index contributed by atoms with van der Waals surface area (Å²) in [4.78, 5) is 12.4. The number of aliphatic hydroxyl groups excluding tert-OH is 1. The Morgan fingerprint density at radius 2 is 1.96 bits per heavy atom. The molecule has 26 heavy (non-hydrogen) atoms.